The molecule has 1 aliphatic heterocycles. The van der Waals surface area contributed by atoms with Crippen LogP contribution in [0.2, 0.25) is 0 Å². The largest absolute Gasteiger partial charge is 0.356 e. The fourth-order valence-electron chi connectivity index (χ4n) is 3.74. The van der Waals surface area contributed by atoms with E-state index in [1.807, 2.05) is 6.07 Å². The Labute approximate surface area is 176 Å². The first-order chi connectivity index (χ1) is 14.0. The van der Waals surface area contributed by atoms with Crippen molar-refractivity contribution in [2.24, 2.45) is 5.92 Å². The van der Waals surface area contributed by atoms with Gasteiger partial charge >= 0.3 is 0 Å². The van der Waals surface area contributed by atoms with Crippen LogP contribution in [-0.2, 0) is 21.4 Å². The highest BCUT2D eigenvalue weighted by Crippen LogP contribution is 2.19. The molecule has 0 spiro atoms. The van der Waals surface area contributed by atoms with Crippen LogP contribution in [0.3, 0.4) is 0 Å². The number of sulfonamides is 1. The van der Waals surface area contributed by atoms with Gasteiger partial charge in [0.1, 0.15) is 0 Å². The van der Waals surface area contributed by atoms with Crippen molar-refractivity contribution in [3.63, 3.8) is 0 Å². The lowest BCUT2D eigenvalue weighted by atomic mass is 9.99. The number of hydrogen-bond acceptors (Lipinski definition) is 4. The summed E-state index contributed by atoms with van der Waals surface area (Å²) in [6, 6.07) is 10.5. The van der Waals surface area contributed by atoms with E-state index in [0.717, 1.165) is 38.9 Å². The maximum absolute atomic E-state index is 12.5. The van der Waals surface area contributed by atoms with E-state index in [2.05, 4.69) is 41.4 Å². The quantitative estimate of drug-likeness (QED) is 0.525. The van der Waals surface area contributed by atoms with E-state index in [9.17, 15) is 13.2 Å². The van der Waals surface area contributed by atoms with Crippen molar-refractivity contribution in [1.82, 2.24) is 14.5 Å². The van der Waals surface area contributed by atoms with Gasteiger partial charge in [0, 0.05) is 32.7 Å². The van der Waals surface area contributed by atoms with E-state index in [-0.39, 0.29) is 17.6 Å². The minimum atomic E-state index is -3.22. The Bertz CT molecular complexity index is 709. The highest BCUT2D eigenvalue weighted by atomic mass is 32.2. The molecule has 0 saturated carbocycles. The van der Waals surface area contributed by atoms with Gasteiger partial charge in [-0.2, -0.15) is 0 Å². The lowest BCUT2D eigenvalue weighted by molar-refractivity contribution is -0.126. The van der Waals surface area contributed by atoms with Crippen LogP contribution in [0.5, 0.6) is 0 Å². The van der Waals surface area contributed by atoms with Crippen LogP contribution < -0.4 is 5.32 Å². The van der Waals surface area contributed by atoms with E-state index in [4.69, 9.17) is 0 Å². The second kappa shape index (κ2) is 12.3. The summed E-state index contributed by atoms with van der Waals surface area (Å²) in [7, 11) is -3.22. The average Bonchev–Trinajstić information content (AvgIpc) is 2.75. The number of hydrogen-bond donors (Lipinski definition) is 1. The van der Waals surface area contributed by atoms with Crippen molar-refractivity contribution >= 4 is 15.9 Å². The monoisotopic (exact) mass is 423 g/mol. The van der Waals surface area contributed by atoms with Crippen molar-refractivity contribution in [3.05, 3.63) is 35.9 Å². The first-order valence-corrected chi connectivity index (χ1v) is 12.6. The summed E-state index contributed by atoms with van der Waals surface area (Å²) in [5.41, 5.74) is 1.31. The molecule has 2 rings (SSSR count). The molecular weight excluding hydrogens is 386 g/mol. The minimum Gasteiger partial charge on any atom is -0.356 e. The lowest BCUT2D eigenvalue weighted by Crippen LogP contribution is -2.46. The molecule has 1 fully saturated rings. The molecule has 1 amide bonds. The number of nitrogens with zero attached hydrogens (tertiary/aromatic N) is 2. The number of nitrogens with one attached hydrogen (secondary N) is 1. The highest BCUT2D eigenvalue weighted by molar-refractivity contribution is 7.89. The molecule has 0 unspecified atom stereocenters. The number of benzene rings is 1. The summed E-state index contributed by atoms with van der Waals surface area (Å²) in [4.78, 5) is 15.0. The zero-order valence-corrected chi connectivity index (χ0v) is 18.8. The molecule has 1 aliphatic rings. The molecule has 1 N–H and O–H groups in total. The second-order valence-corrected chi connectivity index (χ2v) is 10.1. The summed E-state index contributed by atoms with van der Waals surface area (Å²) in [6.07, 6.45) is 4.74. The smallest absolute Gasteiger partial charge is 0.224 e. The molecule has 0 aromatic heterocycles. The van der Waals surface area contributed by atoms with Crippen LogP contribution in [0.1, 0.15) is 51.5 Å². The van der Waals surface area contributed by atoms with E-state index >= 15 is 0 Å². The van der Waals surface area contributed by atoms with Crippen molar-refractivity contribution in [3.8, 4) is 0 Å². The average molecular weight is 424 g/mol. The molecule has 0 aliphatic carbocycles. The molecule has 1 saturated heterocycles. The molecule has 0 radical (unpaired) electrons. The van der Waals surface area contributed by atoms with Crippen LogP contribution in [0, 0.1) is 5.92 Å². The number of piperidine rings is 1. The van der Waals surface area contributed by atoms with Gasteiger partial charge < -0.3 is 5.32 Å². The Hall–Kier alpha value is -1.44. The number of unbranched alkanes of at least 4 members (excludes halogenated alkanes) is 1. The molecule has 6 nitrogen and oxygen atoms in total. The Kier molecular flexibility index (Phi) is 10.1. The summed E-state index contributed by atoms with van der Waals surface area (Å²) < 4.78 is 25.6. The minimum absolute atomic E-state index is 0.0100. The number of amides is 1. The zero-order valence-electron chi connectivity index (χ0n) is 18.0. The van der Waals surface area contributed by atoms with E-state index < -0.39 is 10.0 Å². The highest BCUT2D eigenvalue weighted by Gasteiger charge is 2.31. The van der Waals surface area contributed by atoms with Crippen LogP contribution >= 0.6 is 0 Å². The number of carbonyl (C=O) groups is 1. The Balaban J connectivity index is 1.76. The lowest BCUT2D eigenvalue weighted by Gasteiger charge is -2.31. The van der Waals surface area contributed by atoms with Crippen molar-refractivity contribution in [2.75, 3.05) is 38.5 Å². The van der Waals surface area contributed by atoms with Gasteiger partial charge in [-0.05, 0) is 44.7 Å². The van der Waals surface area contributed by atoms with Gasteiger partial charge in [0.25, 0.3) is 0 Å². The third-order valence-electron chi connectivity index (χ3n) is 5.54. The first-order valence-electron chi connectivity index (χ1n) is 11.0. The fraction of sp³-hybridized carbons (Fsp3) is 0.682. The van der Waals surface area contributed by atoms with Crippen molar-refractivity contribution < 1.29 is 13.2 Å². The third kappa shape index (κ3) is 8.07. The Morgan fingerprint density at radius 1 is 1.17 bits per heavy atom. The van der Waals surface area contributed by atoms with Gasteiger partial charge in [-0.15, -0.1) is 0 Å². The standard InChI is InChI=1S/C22H37N3O3S/c1-3-5-15-24(18-20-11-7-6-8-12-20)16-10-14-23-22(26)21-13-9-17-25(19-21)29(27,28)4-2/h6-8,11-12,21H,3-5,9-10,13-19H2,1-2H3,(H,23,26)/t21-/m1/s1. The van der Waals surface area contributed by atoms with Crippen molar-refractivity contribution in [2.45, 2.75) is 52.5 Å². The predicted molar refractivity (Wildman–Crippen MR) is 118 cm³/mol. The molecule has 1 heterocycles. The summed E-state index contributed by atoms with van der Waals surface area (Å²) in [5.74, 6) is -0.147. The van der Waals surface area contributed by atoms with Crippen molar-refractivity contribution in [1.29, 1.82) is 0 Å². The molecule has 1 aromatic carbocycles. The van der Waals surface area contributed by atoms with Gasteiger partial charge in [-0.1, -0.05) is 43.7 Å². The van der Waals surface area contributed by atoms with E-state index in [1.165, 1.54) is 22.7 Å². The maximum Gasteiger partial charge on any atom is 0.224 e. The molecule has 1 atom stereocenters. The summed E-state index contributed by atoms with van der Waals surface area (Å²) in [6.45, 7) is 8.27. The van der Waals surface area contributed by atoms with E-state index in [0.29, 0.717) is 19.6 Å². The second-order valence-electron chi connectivity index (χ2n) is 7.86. The SMILES string of the molecule is CCCCN(CCCNC(=O)[C@@H]1CCCN(S(=O)(=O)CC)C1)Cc1ccccc1. The van der Waals surface area contributed by atoms with Crippen LogP contribution in [-0.4, -0.2) is 62.0 Å². The van der Waals surface area contributed by atoms with Crippen LogP contribution in [0.15, 0.2) is 30.3 Å². The molecule has 1 aromatic rings. The molecule has 7 heteroatoms. The maximum atomic E-state index is 12.5. The molecule has 29 heavy (non-hydrogen) atoms. The van der Waals surface area contributed by atoms with Gasteiger partial charge in [0.15, 0.2) is 0 Å². The summed E-state index contributed by atoms with van der Waals surface area (Å²) >= 11 is 0. The normalized spacial score (nSPS) is 18.1. The Morgan fingerprint density at radius 2 is 1.90 bits per heavy atom. The molecule has 164 valence electrons. The molecule has 0 bridgehead atoms. The third-order valence-corrected chi connectivity index (χ3v) is 7.39. The fourth-order valence-corrected chi connectivity index (χ4v) is 4.92. The van der Waals surface area contributed by atoms with Gasteiger partial charge in [-0.3, -0.25) is 9.69 Å². The predicted octanol–water partition coefficient (Wildman–Crippen LogP) is 2.86. The van der Waals surface area contributed by atoms with Crippen LogP contribution in [0.4, 0.5) is 0 Å². The first kappa shape index (κ1) is 23.8. The Morgan fingerprint density at radius 3 is 2.59 bits per heavy atom. The number of rotatable bonds is 12. The topological polar surface area (TPSA) is 69.7 Å². The van der Waals surface area contributed by atoms with Gasteiger partial charge in [0.05, 0.1) is 11.7 Å². The van der Waals surface area contributed by atoms with Gasteiger partial charge in [-0.25, -0.2) is 12.7 Å². The van der Waals surface area contributed by atoms with E-state index in [1.54, 1.807) is 6.92 Å². The van der Waals surface area contributed by atoms with Gasteiger partial charge in [0.2, 0.25) is 15.9 Å². The van der Waals surface area contributed by atoms with Crippen LogP contribution in [0.25, 0.3) is 0 Å². The zero-order chi connectivity index (χ0) is 21.1. The summed E-state index contributed by atoms with van der Waals surface area (Å²) in [5, 5.41) is 3.03. The number of carbonyl (C=O) groups excluding carboxylic acids is 1. The molecular formula is C22H37N3O3S.